The second-order valence-electron chi connectivity index (χ2n) is 3.97. The lowest BCUT2D eigenvalue weighted by molar-refractivity contribution is -0.140. The van der Waals surface area contributed by atoms with Crippen LogP contribution in [0.4, 0.5) is 13.2 Å². The van der Waals surface area contributed by atoms with Crippen LogP contribution in [-0.2, 0) is 11.8 Å². The van der Waals surface area contributed by atoms with E-state index in [1.165, 1.54) is 33.1 Å². The normalized spacial score (nSPS) is 12.7. The summed E-state index contributed by atoms with van der Waals surface area (Å²) in [4.78, 5) is 0. The van der Waals surface area contributed by atoms with E-state index < -0.39 is 17.3 Å². The van der Waals surface area contributed by atoms with Crippen molar-refractivity contribution in [2.24, 2.45) is 0 Å². The number of methoxy groups -OCH3 is 1. The van der Waals surface area contributed by atoms with Gasteiger partial charge >= 0.3 is 6.18 Å². The standard InChI is InChI=1S/C11H13F3O2/c1-10(2,15)8-5-4-7(16-3)6-9(8)11(12,13)14/h4-6,15H,1-3H3. The summed E-state index contributed by atoms with van der Waals surface area (Å²) in [6.07, 6.45) is -4.51. The van der Waals surface area contributed by atoms with Crippen LogP contribution < -0.4 is 4.74 Å². The summed E-state index contributed by atoms with van der Waals surface area (Å²) in [6.45, 7) is 2.62. The fraction of sp³-hybridized carbons (Fsp3) is 0.455. The van der Waals surface area contributed by atoms with E-state index in [9.17, 15) is 18.3 Å². The molecule has 0 spiro atoms. The Kier molecular flexibility index (Phi) is 3.19. The highest BCUT2D eigenvalue weighted by atomic mass is 19.4. The van der Waals surface area contributed by atoms with Crippen molar-refractivity contribution in [3.63, 3.8) is 0 Å². The minimum atomic E-state index is -4.51. The van der Waals surface area contributed by atoms with Crippen molar-refractivity contribution in [1.29, 1.82) is 0 Å². The van der Waals surface area contributed by atoms with Gasteiger partial charge in [-0.2, -0.15) is 13.2 Å². The molecule has 1 aromatic carbocycles. The number of hydrogen-bond acceptors (Lipinski definition) is 2. The molecule has 0 aliphatic heterocycles. The van der Waals surface area contributed by atoms with E-state index in [-0.39, 0.29) is 11.3 Å². The van der Waals surface area contributed by atoms with Crippen molar-refractivity contribution in [1.82, 2.24) is 0 Å². The van der Waals surface area contributed by atoms with E-state index in [0.29, 0.717) is 0 Å². The van der Waals surface area contributed by atoms with Crippen LogP contribution in [0.3, 0.4) is 0 Å². The van der Waals surface area contributed by atoms with Crippen molar-refractivity contribution in [2.75, 3.05) is 7.11 Å². The molecule has 0 atom stereocenters. The Hall–Kier alpha value is -1.23. The largest absolute Gasteiger partial charge is 0.497 e. The van der Waals surface area contributed by atoms with E-state index in [1.807, 2.05) is 0 Å². The average molecular weight is 234 g/mol. The molecule has 2 nitrogen and oxygen atoms in total. The second-order valence-corrected chi connectivity index (χ2v) is 3.97. The van der Waals surface area contributed by atoms with Crippen LogP contribution in [0.15, 0.2) is 18.2 Å². The summed E-state index contributed by atoms with van der Waals surface area (Å²) in [5.41, 5.74) is -2.59. The van der Waals surface area contributed by atoms with Crippen molar-refractivity contribution in [2.45, 2.75) is 25.6 Å². The summed E-state index contributed by atoms with van der Waals surface area (Å²) < 4.78 is 42.9. The highest BCUT2D eigenvalue weighted by molar-refractivity contribution is 5.40. The molecule has 0 aromatic heterocycles. The molecule has 0 unspecified atom stereocenters. The predicted octanol–water partition coefficient (Wildman–Crippen LogP) is 2.94. The molecular weight excluding hydrogens is 221 g/mol. The Labute approximate surface area is 91.7 Å². The lowest BCUT2D eigenvalue weighted by atomic mass is 9.92. The van der Waals surface area contributed by atoms with Gasteiger partial charge in [0.1, 0.15) is 5.75 Å². The Balaban J connectivity index is 3.40. The van der Waals surface area contributed by atoms with Crippen LogP contribution >= 0.6 is 0 Å². The van der Waals surface area contributed by atoms with E-state index in [2.05, 4.69) is 0 Å². The number of hydrogen-bond donors (Lipinski definition) is 1. The summed E-state index contributed by atoms with van der Waals surface area (Å²) in [6, 6.07) is 3.50. The van der Waals surface area contributed by atoms with Gasteiger partial charge in [-0.25, -0.2) is 0 Å². The van der Waals surface area contributed by atoms with Crippen LogP contribution in [0.1, 0.15) is 25.0 Å². The molecule has 0 aliphatic carbocycles. The Morgan fingerprint density at radius 3 is 2.06 bits per heavy atom. The first-order valence-corrected chi connectivity index (χ1v) is 4.64. The summed E-state index contributed by atoms with van der Waals surface area (Å²) in [5, 5.41) is 9.66. The first kappa shape index (κ1) is 12.8. The number of halogens is 3. The molecule has 16 heavy (non-hydrogen) atoms. The fourth-order valence-corrected chi connectivity index (χ4v) is 1.42. The maximum atomic E-state index is 12.7. The van der Waals surface area contributed by atoms with Gasteiger partial charge in [0.05, 0.1) is 18.3 Å². The third-order valence-electron chi connectivity index (χ3n) is 2.19. The molecule has 0 amide bonds. The molecule has 0 fully saturated rings. The first-order chi connectivity index (χ1) is 7.16. The van der Waals surface area contributed by atoms with Crippen LogP contribution in [0.2, 0.25) is 0 Å². The van der Waals surface area contributed by atoms with E-state index in [1.54, 1.807) is 0 Å². The molecule has 1 N–H and O–H groups in total. The van der Waals surface area contributed by atoms with E-state index in [0.717, 1.165) is 6.07 Å². The topological polar surface area (TPSA) is 29.5 Å². The van der Waals surface area contributed by atoms with Gasteiger partial charge in [0.15, 0.2) is 0 Å². The first-order valence-electron chi connectivity index (χ1n) is 4.64. The molecule has 5 heteroatoms. The third-order valence-corrected chi connectivity index (χ3v) is 2.19. The minimum absolute atomic E-state index is 0.111. The number of aliphatic hydroxyl groups is 1. The number of rotatable bonds is 2. The molecule has 1 rings (SSSR count). The van der Waals surface area contributed by atoms with Gasteiger partial charge in [-0.3, -0.25) is 0 Å². The number of benzene rings is 1. The number of ether oxygens (including phenoxy) is 1. The maximum absolute atomic E-state index is 12.7. The summed E-state index contributed by atoms with van der Waals surface area (Å²) in [7, 11) is 1.29. The molecular formula is C11H13F3O2. The third kappa shape index (κ3) is 2.66. The highest BCUT2D eigenvalue weighted by Gasteiger charge is 2.37. The zero-order valence-corrected chi connectivity index (χ0v) is 9.22. The van der Waals surface area contributed by atoms with Crippen molar-refractivity contribution in [3.05, 3.63) is 29.3 Å². The molecule has 0 saturated carbocycles. The predicted molar refractivity (Wildman–Crippen MR) is 53.2 cm³/mol. The van der Waals surface area contributed by atoms with Crippen LogP contribution in [0.25, 0.3) is 0 Å². The van der Waals surface area contributed by atoms with Crippen molar-refractivity contribution in [3.8, 4) is 5.75 Å². The minimum Gasteiger partial charge on any atom is -0.497 e. The van der Waals surface area contributed by atoms with Crippen molar-refractivity contribution >= 4 is 0 Å². The summed E-state index contributed by atoms with van der Waals surface area (Å²) in [5.74, 6) is 0.111. The monoisotopic (exact) mass is 234 g/mol. The lowest BCUT2D eigenvalue weighted by Gasteiger charge is -2.23. The van der Waals surface area contributed by atoms with Gasteiger partial charge in [0.25, 0.3) is 0 Å². The van der Waals surface area contributed by atoms with Crippen LogP contribution in [0, 0.1) is 0 Å². The van der Waals surface area contributed by atoms with Gasteiger partial charge < -0.3 is 9.84 Å². The molecule has 0 aliphatic rings. The van der Waals surface area contributed by atoms with Crippen LogP contribution in [0.5, 0.6) is 5.75 Å². The lowest BCUT2D eigenvalue weighted by Crippen LogP contribution is -2.22. The zero-order chi connectivity index (χ0) is 12.6. The van der Waals surface area contributed by atoms with Gasteiger partial charge in [-0.05, 0) is 31.5 Å². The van der Waals surface area contributed by atoms with E-state index >= 15 is 0 Å². The van der Waals surface area contributed by atoms with Crippen molar-refractivity contribution < 1.29 is 23.0 Å². The zero-order valence-electron chi connectivity index (χ0n) is 9.22. The quantitative estimate of drug-likeness (QED) is 0.852. The SMILES string of the molecule is COc1ccc(C(C)(C)O)c(C(F)(F)F)c1. The van der Waals surface area contributed by atoms with Crippen LogP contribution in [-0.4, -0.2) is 12.2 Å². The average Bonchev–Trinajstić information content (AvgIpc) is 2.14. The van der Waals surface area contributed by atoms with Gasteiger partial charge in [0, 0.05) is 0 Å². The summed E-state index contributed by atoms with van der Waals surface area (Å²) >= 11 is 0. The Bertz CT molecular complexity index is 378. The van der Waals surface area contributed by atoms with Gasteiger partial charge in [0.2, 0.25) is 0 Å². The smallest absolute Gasteiger partial charge is 0.416 e. The Morgan fingerprint density at radius 1 is 1.12 bits per heavy atom. The molecule has 90 valence electrons. The van der Waals surface area contributed by atoms with Gasteiger partial charge in [-0.1, -0.05) is 6.07 Å². The second kappa shape index (κ2) is 3.97. The Morgan fingerprint density at radius 2 is 1.69 bits per heavy atom. The van der Waals surface area contributed by atoms with E-state index in [4.69, 9.17) is 4.74 Å². The van der Waals surface area contributed by atoms with Gasteiger partial charge in [-0.15, -0.1) is 0 Å². The molecule has 0 radical (unpaired) electrons. The fourth-order valence-electron chi connectivity index (χ4n) is 1.42. The highest BCUT2D eigenvalue weighted by Crippen LogP contribution is 2.38. The molecule has 0 bridgehead atoms. The maximum Gasteiger partial charge on any atom is 0.416 e. The molecule has 0 saturated heterocycles. The number of alkyl halides is 3. The molecule has 0 heterocycles. The molecule has 1 aromatic rings.